The fourth-order valence-corrected chi connectivity index (χ4v) is 3.05. The minimum atomic E-state index is -0.719. The lowest BCUT2D eigenvalue weighted by Gasteiger charge is -2.28. The van der Waals surface area contributed by atoms with Gasteiger partial charge in [-0.1, -0.05) is 0 Å². The first-order valence-corrected chi connectivity index (χ1v) is 8.90. The second kappa shape index (κ2) is 7.61. The second-order valence-electron chi connectivity index (χ2n) is 6.42. The summed E-state index contributed by atoms with van der Waals surface area (Å²) in [4.78, 5) is 10.9. The van der Waals surface area contributed by atoms with Crippen LogP contribution in [0.2, 0.25) is 0 Å². The van der Waals surface area contributed by atoms with Crippen LogP contribution in [0.5, 0.6) is 5.75 Å². The number of aromatic amines is 1. The minimum Gasteiger partial charge on any atom is -0.497 e. The zero-order valence-corrected chi connectivity index (χ0v) is 15.0. The van der Waals surface area contributed by atoms with Gasteiger partial charge < -0.3 is 15.0 Å². The maximum atomic E-state index is 13.3. The molecule has 0 saturated carbocycles. The molecule has 0 spiro atoms. The number of methoxy groups -OCH3 is 1. The van der Waals surface area contributed by atoms with Crippen molar-refractivity contribution >= 4 is 17.6 Å². The third kappa shape index (κ3) is 3.99. The number of nitrogens with zero attached hydrogens (tertiary/aromatic N) is 4. The molecule has 0 bridgehead atoms. The molecule has 7 nitrogen and oxygen atoms in total. The summed E-state index contributed by atoms with van der Waals surface area (Å²) in [5.41, 5.74) is 1.90. The van der Waals surface area contributed by atoms with E-state index >= 15 is 0 Å². The minimum absolute atomic E-state index is 0.519. The second-order valence-corrected chi connectivity index (χ2v) is 6.42. The van der Waals surface area contributed by atoms with Crippen molar-refractivity contribution in [3.05, 3.63) is 42.6 Å². The van der Waals surface area contributed by atoms with Crippen molar-refractivity contribution in [1.29, 1.82) is 0 Å². The number of hydrogen-bond donors (Lipinski definition) is 2. The van der Waals surface area contributed by atoms with Crippen molar-refractivity contribution in [3.63, 3.8) is 0 Å². The number of piperidine rings is 1. The van der Waals surface area contributed by atoms with Crippen LogP contribution in [-0.4, -0.2) is 46.5 Å². The Morgan fingerprint density at radius 1 is 1.15 bits per heavy atom. The van der Waals surface area contributed by atoms with E-state index < -0.39 is 6.17 Å². The SMILES string of the molecule is COc1ccc(-c2cc(Nc3ccnc(N4CCC(F)CC4)n3)n[nH]2)cc1. The molecule has 27 heavy (non-hydrogen) atoms. The molecule has 0 radical (unpaired) electrons. The quantitative estimate of drug-likeness (QED) is 0.717. The Labute approximate surface area is 156 Å². The molecule has 0 amide bonds. The summed E-state index contributed by atoms with van der Waals surface area (Å²) in [5, 5.41) is 10.5. The Hall–Kier alpha value is -3.16. The van der Waals surface area contributed by atoms with Gasteiger partial charge in [0.05, 0.1) is 12.8 Å². The molecule has 1 aliphatic rings. The van der Waals surface area contributed by atoms with Gasteiger partial charge in [0.1, 0.15) is 17.7 Å². The predicted molar refractivity (Wildman–Crippen MR) is 102 cm³/mol. The predicted octanol–water partition coefficient (Wildman–Crippen LogP) is 3.56. The number of nitrogens with one attached hydrogen (secondary N) is 2. The van der Waals surface area contributed by atoms with Crippen LogP contribution in [0.3, 0.4) is 0 Å². The highest BCUT2D eigenvalue weighted by Gasteiger charge is 2.20. The molecule has 4 rings (SSSR count). The van der Waals surface area contributed by atoms with Crippen LogP contribution in [0.4, 0.5) is 22.0 Å². The Morgan fingerprint density at radius 3 is 2.67 bits per heavy atom. The molecule has 3 heterocycles. The van der Waals surface area contributed by atoms with E-state index in [0.29, 0.717) is 43.5 Å². The summed E-state index contributed by atoms with van der Waals surface area (Å²) in [7, 11) is 1.64. The van der Waals surface area contributed by atoms with Crippen LogP contribution in [-0.2, 0) is 0 Å². The van der Waals surface area contributed by atoms with Gasteiger partial charge in [0, 0.05) is 25.4 Å². The molecule has 0 atom stereocenters. The maximum Gasteiger partial charge on any atom is 0.227 e. The summed E-state index contributed by atoms with van der Waals surface area (Å²) >= 11 is 0. The molecule has 8 heteroatoms. The highest BCUT2D eigenvalue weighted by Crippen LogP contribution is 2.24. The normalized spacial score (nSPS) is 15.0. The van der Waals surface area contributed by atoms with E-state index in [1.807, 2.05) is 35.2 Å². The van der Waals surface area contributed by atoms with E-state index in [1.165, 1.54) is 0 Å². The Morgan fingerprint density at radius 2 is 1.93 bits per heavy atom. The number of benzene rings is 1. The van der Waals surface area contributed by atoms with E-state index in [1.54, 1.807) is 19.4 Å². The van der Waals surface area contributed by atoms with E-state index in [9.17, 15) is 4.39 Å². The third-order valence-corrected chi connectivity index (χ3v) is 4.59. The number of alkyl halides is 1. The molecular formula is C19H21FN6O. The first kappa shape index (κ1) is 17.3. The standard InChI is InChI=1S/C19H21FN6O/c1-27-15-4-2-13(3-5-15)16-12-18(25-24-16)22-17-6-9-21-19(23-17)26-10-7-14(20)8-11-26/h2-6,9,12,14H,7-8,10-11H2,1H3,(H2,21,22,23,24,25). The van der Waals surface area contributed by atoms with E-state index in [0.717, 1.165) is 17.0 Å². The molecule has 0 aliphatic carbocycles. The van der Waals surface area contributed by atoms with Crippen LogP contribution in [0.15, 0.2) is 42.6 Å². The van der Waals surface area contributed by atoms with Crippen LogP contribution >= 0.6 is 0 Å². The largest absolute Gasteiger partial charge is 0.497 e. The van der Waals surface area contributed by atoms with Gasteiger partial charge in [-0.2, -0.15) is 10.1 Å². The molecule has 2 aromatic heterocycles. The summed E-state index contributed by atoms with van der Waals surface area (Å²) in [6.45, 7) is 1.27. The lowest BCUT2D eigenvalue weighted by molar-refractivity contribution is 0.276. The van der Waals surface area contributed by atoms with Crippen molar-refractivity contribution < 1.29 is 9.13 Å². The number of H-pyrrole nitrogens is 1. The third-order valence-electron chi connectivity index (χ3n) is 4.59. The van der Waals surface area contributed by atoms with Gasteiger partial charge >= 0.3 is 0 Å². The lowest BCUT2D eigenvalue weighted by Crippen LogP contribution is -2.35. The molecule has 1 fully saturated rings. The smallest absolute Gasteiger partial charge is 0.227 e. The fourth-order valence-electron chi connectivity index (χ4n) is 3.05. The monoisotopic (exact) mass is 368 g/mol. The Bertz CT molecular complexity index is 889. The van der Waals surface area contributed by atoms with E-state index in [4.69, 9.17) is 4.74 Å². The van der Waals surface area contributed by atoms with Crippen molar-refractivity contribution in [2.75, 3.05) is 30.4 Å². The average molecular weight is 368 g/mol. The average Bonchev–Trinajstić information content (AvgIpc) is 3.17. The summed E-state index contributed by atoms with van der Waals surface area (Å²) in [6.07, 6.45) is 2.02. The first-order valence-electron chi connectivity index (χ1n) is 8.90. The van der Waals surface area contributed by atoms with Gasteiger partial charge in [0.2, 0.25) is 5.95 Å². The zero-order valence-electron chi connectivity index (χ0n) is 15.0. The highest BCUT2D eigenvalue weighted by atomic mass is 19.1. The summed E-state index contributed by atoms with van der Waals surface area (Å²) in [5.74, 6) is 2.72. The van der Waals surface area contributed by atoms with Crippen molar-refractivity contribution in [2.24, 2.45) is 0 Å². The van der Waals surface area contributed by atoms with Gasteiger partial charge in [-0.3, -0.25) is 5.10 Å². The van der Waals surface area contributed by atoms with Gasteiger partial charge in [-0.15, -0.1) is 0 Å². The Kier molecular flexibility index (Phi) is 4.86. The van der Waals surface area contributed by atoms with E-state index in [2.05, 4.69) is 25.5 Å². The van der Waals surface area contributed by atoms with Gasteiger partial charge in [0.15, 0.2) is 5.82 Å². The maximum absolute atomic E-state index is 13.3. The Balaban J connectivity index is 1.46. The molecule has 3 aromatic rings. The van der Waals surface area contributed by atoms with Crippen LogP contribution in [0.1, 0.15) is 12.8 Å². The van der Waals surface area contributed by atoms with Crippen LogP contribution in [0, 0.1) is 0 Å². The molecule has 140 valence electrons. The van der Waals surface area contributed by atoms with Crippen molar-refractivity contribution in [1.82, 2.24) is 20.2 Å². The van der Waals surface area contributed by atoms with Gasteiger partial charge in [0.25, 0.3) is 0 Å². The molecule has 1 saturated heterocycles. The van der Waals surface area contributed by atoms with Gasteiger partial charge in [-0.05, 0) is 48.7 Å². The molecule has 1 aliphatic heterocycles. The van der Waals surface area contributed by atoms with Gasteiger partial charge in [-0.25, -0.2) is 9.37 Å². The summed E-state index contributed by atoms with van der Waals surface area (Å²) in [6, 6.07) is 11.4. The number of halogens is 1. The number of rotatable bonds is 5. The highest BCUT2D eigenvalue weighted by molar-refractivity contribution is 5.65. The molecule has 0 unspecified atom stereocenters. The number of anilines is 3. The van der Waals surface area contributed by atoms with Crippen LogP contribution < -0.4 is 15.0 Å². The van der Waals surface area contributed by atoms with Crippen LogP contribution in [0.25, 0.3) is 11.3 Å². The molecule has 2 N–H and O–H groups in total. The number of aromatic nitrogens is 4. The van der Waals surface area contributed by atoms with Crippen molar-refractivity contribution in [3.8, 4) is 17.0 Å². The summed E-state index contributed by atoms with van der Waals surface area (Å²) < 4.78 is 18.5. The topological polar surface area (TPSA) is 79.0 Å². The fraction of sp³-hybridized carbons (Fsp3) is 0.316. The zero-order chi connectivity index (χ0) is 18.6. The van der Waals surface area contributed by atoms with Crippen molar-refractivity contribution in [2.45, 2.75) is 19.0 Å². The number of ether oxygens (including phenoxy) is 1. The molecule has 1 aromatic carbocycles. The van der Waals surface area contributed by atoms with E-state index in [-0.39, 0.29) is 0 Å². The molecular weight excluding hydrogens is 347 g/mol. The lowest BCUT2D eigenvalue weighted by atomic mass is 10.1. The number of hydrogen-bond acceptors (Lipinski definition) is 6. The first-order chi connectivity index (χ1) is 13.2.